The number of benzene rings is 2. The number of hydrogen-bond donors (Lipinski definition) is 2. The Labute approximate surface area is 197 Å². The molecule has 10 nitrogen and oxygen atoms in total. The second-order valence-electron chi connectivity index (χ2n) is 8.07. The van der Waals surface area contributed by atoms with Crippen LogP contribution >= 0.6 is 0 Å². The highest BCUT2D eigenvalue weighted by molar-refractivity contribution is 7.89. The Morgan fingerprint density at radius 3 is 1.91 bits per heavy atom. The molecule has 3 amide bonds. The third kappa shape index (κ3) is 5.15. The smallest absolute Gasteiger partial charge is 0.329 e. The van der Waals surface area contributed by atoms with E-state index in [1.807, 2.05) is 0 Å². The van der Waals surface area contributed by atoms with E-state index in [2.05, 4.69) is 10.0 Å². The number of amides is 3. The van der Waals surface area contributed by atoms with Gasteiger partial charge in [-0.05, 0) is 64.1 Å². The number of anilines is 1. The first-order valence-electron chi connectivity index (χ1n) is 10.5. The maximum absolute atomic E-state index is 12.6. The zero-order valence-electron chi connectivity index (χ0n) is 19.1. The van der Waals surface area contributed by atoms with Crippen LogP contribution in [0.1, 0.15) is 48.4 Å². The molecular formula is C23H25N3O7S. The number of nitrogens with one attached hydrogen (secondary N) is 2. The lowest BCUT2D eigenvalue weighted by Crippen LogP contribution is -2.45. The topological polar surface area (TPSA) is 139 Å². The monoisotopic (exact) mass is 487 g/mol. The molecule has 0 fully saturated rings. The lowest BCUT2D eigenvalue weighted by molar-refractivity contribution is -0.156. The van der Waals surface area contributed by atoms with Crippen molar-refractivity contribution in [2.24, 2.45) is 0 Å². The summed E-state index contributed by atoms with van der Waals surface area (Å²) in [7, 11) is -3.68. The fourth-order valence-electron chi connectivity index (χ4n) is 3.33. The van der Waals surface area contributed by atoms with Gasteiger partial charge >= 0.3 is 5.97 Å². The second kappa shape index (κ2) is 9.74. The van der Waals surface area contributed by atoms with Crippen molar-refractivity contribution in [2.45, 2.75) is 50.8 Å². The number of carbonyl (C=O) groups is 4. The van der Waals surface area contributed by atoms with Crippen LogP contribution in [0.15, 0.2) is 53.4 Å². The van der Waals surface area contributed by atoms with Crippen molar-refractivity contribution in [1.29, 1.82) is 0 Å². The van der Waals surface area contributed by atoms with Gasteiger partial charge in [-0.1, -0.05) is 12.1 Å². The molecule has 11 heteroatoms. The van der Waals surface area contributed by atoms with Crippen LogP contribution < -0.4 is 10.0 Å². The Morgan fingerprint density at radius 2 is 1.41 bits per heavy atom. The van der Waals surface area contributed by atoms with Crippen LogP contribution in [-0.2, 0) is 24.3 Å². The van der Waals surface area contributed by atoms with Crippen molar-refractivity contribution >= 4 is 39.4 Å². The molecule has 0 unspecified atom stereocenters. The summed E-state index contributed by atoms with van der Waals surface area (Å²) in [6.45, 7) is 6.08. The number of rotatable bonds is 8. The minimum atomic E-state index is -3.68. The van der Waals surface area contributed by atoms with Crippen molar-refractivity contribution in [3.8, 4) is 0 Å². The average molecular weight is 488 g/mol. The van der Waals surface area contributed by atoms with Crippen molar-refractivity contribution in [3.63, 3.8) is 0 Å². The van der Waals surface area contributed by atoms with E-state index in [0.717, 1.165) is 4.90 Å². The zero-order valence-corrected chi connectivity index (χ0v) is 19.9. The van der Waals surface area contributed by atoms with Crippen molar-refractivity contribution in [3.05, 3.63) is 59.7 Å². The SMILES string of the molecule is CC(C)NS(=O)(=O)c1ccc(NC(=O)[C@@H](C)OC(=O)[C@@H](C)N2C(=O)c3ccccc3C2=O)cc1. The molecule has 0 aromatic heterocycles. The number of ether oxygens (including phenoxy) is 1. The third-order valence-corrected chi connectivity index (χ3v) is 6.71. The van der Waals surface area contributed by atoms with Crippen LogP contribution in [0.3, 0.4) is 0 Å². The van der Waals surface area contributed by atoms with Crippen molar-refractivity contribution < 1.29 is 32.3 Å². The Hall–Kier alpha value is -3.57. The van der Waals surface area contributed by atoms with Gasteiger partial charge in [0, 0.05) is 11.7 Å². The number of hydrogen-bond acceptors (Lipinski definition) is 7. The quantitative estimate of drug-likeness (QED) is 0.428. The Morgan fingerprint density at radius 1 is 0.882 bits per heavy atom. The number of esters is 1. The summed E-state index contributed by atoms with van der Waals surface area (Å²) in [5.74, 6) is -2.80. The van der Waals surface area contributed by atoms with Crippen LogP contribution in [-0.4, -0.2) is 55.2 Å². The van der Waals surface area contributed by atoms with Crippen LogP contribution in [0.5, 0.6) is 0 Å². The number of imide groups is 1. The fourth-order valence-corrected chi connectivity index (χ4v) is 4.58. The standard InChI is InChI=1S/C23H25N3O7S/c1-13(2)25-34(31,32)17-11-9-16(10-12-17)24-20(27)15(4)33-23(30)14(3)26-21(28)18-7-5-6-8-19(18)22(26)29/h5-15,25H,1-4H3,(H,24,27)/t14-,15-/m1/s1. The summed E-state index contributed by atoms with van der Waals surface area (Å²) >= 11 is 0. The molecule has 180 valence electrons. The maximum Gasteiger partial charge on any atom is 0.329 e. The van der Waals surface area contributed by atoms with Gasteiger partial charge in [0.25, 0.3) is 17.7 Å². The molecule has 0 saturated carbocycles. The highest BCUT2D eigenvalue weighted by Gasteiger charge is 2.41. The summed E-state index contributed by atoms with van der Waals surface area (Å²) in [5, 5.41) is 2.53. The van der Waals surface area contributed by atoms with Crippen molar-refractivity contribution in [1.82, 2.24) is 9.62 Å². The van der Waals surface area contributed by atoms with Crippen LogP contribution in [0.2, 0.25) is 0 Å². The van der Waals surface area contributed by atoms with E-state index in [1.54, 1.807) is 26.0 Å². The number of sulfonamides is 1. The van der Waals surface area contributed by atoms with Gasteiger partial charge < -0.3 is 10.1 Å². The van der Waals surface area contributed by atoms with Crippen molar-refractivity contribution in [2.75, 3.05) is 5.32 Å². The fraction of sp³-hybridized carbons (Fsp3) is 0.304. The van der Waals surface area contributed by atoms with E-state index in [4.69, 9.17) is 4.74 Å². The van der Waals surface area contributed by atoms with Crippen LogP contribution in [0.25, 0.3) is 0 Å². The maximum atomic E-state index is 12.6. The van der Waals surface area contributed by atoms with Gasteiger partial charge in [-0.3, -0.25) is 19.3 Å². The molecule has 0 saturated heterocycles. The molecule has 0 aliphatic carbocycles. The first-order chi connectivity index (χ1) is 15.9. The molecule has 2 atom stereocenters. The van der Waals surface area contributed by atoms with Gasteiger partial charge in [-0.2, -0.15) is 0 Å². The molecule has 1 heterocycles. The molecule has 2 aromatic carbocycles. The zero-order chi connectivity index (χ0) is 25.2. The molecule has 0 bridgehead atoms. The number of nitrogens with zero attached hydrogens (tertiary/aromatic N) is 1. The molecule has 1 aliphatic rings. The first-order valence-corrected chi connectivity index (χ1v) is 12.0. The van der Waals surface area contributed by atoms with Gasteiger partial charge in [-0.15, -0.1) is 0 Å². The molecule has 2 N–H and O–H groups in total. The third-order valence-electron chi connectivity index (χ3n) is 5.04. The Balaban J connectivity index is 1.61. The molecule has 34 heavy (non-hydrogen) atoms. The first kappa shape index (κ1) is 25.1. The van der Waals surface area contributed by atoms with E-state index in [0.29, 0.717) is 5.69 Å². The molecule has 2 aromatic rings. The van der Waals surface area contributed by atoms with Gasteiger partial charge in [-0.25, -0.2) is 17.9 Å². The summed E-state index contributed by atoms with van der Waals surface area (Å²) in [6, 6.07) is 10.2. The predicted octanol–water partition coefficient (Wildman–Crippen LogP) is 1.93. The molecular weight excluding hydrogens is 462 g/mol. The summed E-state index contributed by atoms with van der Waals surface area (Å²) in [5.41, 5.74) is 0.698. The van der Waals surface area contributed by atoms with E-state index < -0.39 is 45.9 Å². The molecule has 3 rings (SSSR count). The number of carbonyl (C=O) groups excluding carboxylic acids is 4. The van der Waals surface area contributed by atoms with E-state index in [9.17, 15) is 27.6 Å². The normalized spacial score (nSPS) is 15.1. The highest BCUT2D eigenvalue weighted by Crippen LogP contribution is 2.25. The summed E-state index contributed by atoms with van der Waals surface area (Å²) < 4.78 is 32.0. The summed E-state index contributed by atoms with van der Waals surface area (Å²) in [6.07, 6.45) is -1.24. The minimum absolute atomic E-state index is 0.0356. The molecule has 0 spiro atoms. The van der Waals surface area contributed by atoms with Gasteiger partial charge in [0.1, 0.15) is 6.04 Å². The largest absolute Gasteiger partial charge is 0.451 e. The predicted molar refractivity (Wildman–Crippen MR) is 122 cm³/mol. The molecule has 1 aliphatic heterocycles. The van der Waals surface area contributed by atoms with Crippen LogP contribution in [0.4, 0.5) is 5.69 Å². The average Bonchev–Trinajstić information content (AvgIpc) is 3.03. The Kier molecular flexibility index (Phi) is 7.18. The highest BCUT2D eigenvalue weighted by atomic mass is 32.2. The van der Waals surface area contributed by atoms with E-state index >= 15 is 0 Å². The summed E-state index contributed by atoms with van der Waals surface area (Å²) in [4.78, 5) is 50.9. The number of fused-ring (bicyclic) bond motifs is 1. The minimum Gasteiger partial charge on any atom is -0.451 e. The van der Waals surface area contributed by atoms with Gasteiger partial charge in [0.05, 0.1) is 16.0 Å². The van der Waals surface area contributed by atoms with Gasteiger partial charge in [0.15, 0.2) is 6.10 Å². The molecule has 0 radical (unpaired) electrons. The lowest BCUT2D eigenvalue weighted by atomic mass is 10.1. The Bertz CT molecular complexity index is 1200. The van der Waals surface area contributed by atoms with E-state index in [-0.39, 0.29) is 22.1 Å². The van der Waals surface area contributed by atoms with Crippen LogP contribution in [0, 0.1) is 0 Å². The second-order valence-corrected chi connectivity index (χ2v) is 9.78. The van der Waals surface area contributed by atoms with E-state index in [1.165, 1.54) is 50.2 Å². The van der Waals surface area contributed by atoms with Gasteiger partial charge in [0.2, 0.25) is 10.0 Å². The lowest BCUT2D eigenvalue weighted by Gasteiger charge is -2.22.